The van der Waals surface area contributed by atoms with Crippen molar-refractivity contribution < 1.29 is 19.1 Å². The average Bonchev–Trinajstić information content (AvgIpc) is 2.53. The zero-order valence-electron chi connectivity index (χ0n) is 15.8. The Bertz CT molecular complexity index is 474. The van der Waals surface area contributed by atoms with Gasteiger partial charge in [0.15, 0.2) is 0 Å². The van der Waals surface area contributed by atoms with Crippen LogP contribution in [0, 0.1) is 5.41 Å². The molecular formula is C17H31N3O4. The van der Waals surface area contributed by atoms with E-state index < -0.39 is 11.4 Å². The Hall–Kier alpha value is -2.05. The highest BCUT2D eigenvalue weighted by molar-refractivity contribution is 5.87. The maximum atomic E-state index is 12.2. The molecule has 24 heavy (non-hydrogen) atoms. The molecule has 0 aliphatic carbocycles. The molecule has 0 rings (SSSR count). The second-order valence-corrected chi connectivity index (χ2v) is 6.54. The number of esters is 1. The van der Waals surface area contributed by atoms with Gasteiger partial charge in [0.1, 0.15) is 6.61 Å². The molecule has 0 aliphatic rings. The maximum absolute atomic E-state index is 12.2. The molecule has 0 spiro atoms. The van der Waals surface area contributed by atoms with Crippen molar-refractivity contribution in [1.82, 2.24) is 15.1 Å². The van der Waals surface area contributed by atoms with Gasteiger partial charge in [-0.1, -0.05) is 27.4 Å². The van der Waals surface area contributed by atoms with Crippen LogP contribution in [0.1, 0.15) is 34.1 Å². The fraction of sp³-hybridized carbons (Fsp3) is 0.706. The van der Waals surface area contributed by atoms with Crippen LogP contribution in [-0.2, 0) is 14.3 Å². The summed E-state index contributed by atoms with van der Waals surface area (Å²) in [5.74, 6) is -0.489. The molecule has 0 aromatic rings. The van der Waals surface area contributed by atoms with Crippen LogP contribution in [-0.4, -0.2) is 68.0 Å². The summed E-state index contributed by atoms with van der Waals surface area (Å²) in [4.78, 5) is 38.4. The second kappa shape index (κ2) is 9.95. The topological polar surface area (TPSA) is 79.0 Å². The predicted octanol–water partition coefficient (Wildman–Crippen LogP) is 1.64. The van der Waals surface area contributed by atoms with Crippen LogP contribution in [0.5, 0.6) is 0 Å². The van der Waals surface area contributed by atoms with Crippen molar-refractivity contribution in [3.8, 4) is 0 Å². The Morgan fingerprint density at radius 1 is 1.12 bits per heavy atom. The number of urea groups is 1. The van der Waals surface area contributed by atoms with E-state index in [4.69, 9.17) is 4.74 Å². The lowest BCUT2D eigenvalue weighted by Gasteiger charge is -2.26. The van der Waals surface area contributed by atoms with Crippen LogP contribution < -0.4 is 5.32 Å². The van der Waals surface area contributed by atoms with Crippen LogP contribution in [0.4, 0.5) is 4.79 Å². The number of ether oxygens (including phenoxy) is 1. The quantitative estimate of drug-likeness (QED) is 0.511. The minimum Gasteiger partial charge on any atom is -0.460 e. The minimum absolute atomic E-state index is 0.0223. The normalized spacial score (nSPS) is 10.8. The third-order valence-electron chi connectivity index (χ3n) is 3.89. The van der Waals surface area contributed by atoms with Crippen molar-refractivity contribution >= 4 is 17.9 Å². The van der Waals surface area contributed by atoms with Gasteiger partial charge in [0.2, 0.25) is 5.91 Å². The van der Waals surface area contributed by atoms with Crippen molar-refractivity contribution in [3.05, 3.63) is 12.2 Å². The van der Waals surface area contributed by atoms with E-state index in [0.717, 1.165) is 6.42 Å². The first-order chi connectivity index (χ1) is 11.0. The van der Waals surface area contributed by atoms with E-state index in [0.29, 0.717) is 18.7 Å². The predicted molar refractivity (Wildman–Crippen MR) is 93.5 cm³/mol. The Labute approximate surface area is 145 Å². The molecule has 0 aliphatic heterocycles. The third-order valence-corrected chi connectivity index (χ3v) is 3.89. The first-order valence-corrected chi connectivity index (χ1v) is 8.10. The van der Waals surface area contributed by atoms with Gasteiger partial charge in [-0.2, -0.15) is 0 Å². The van der Waals surface area contributed by atoms with E-state index in [9.17, 15) is 14.4 Å². The average molecular weight is 341 g/mol. The Balaban J connectivity index is 4.16. The van der Waals surface area contributed by atoms with Crippen LogP contribution in [0.25, 0.3) is 0 Å². The number of nitrogens with one attached hydrogen (secondary N) is 1. The van der Waals surface area contributed by atoms with Gasteiger partial charge in [0, 0.05) is 38.2 Å². The summed E-state index contributed by atoms with van der Waals surface area (Å²) in [7, 11) is 3.29. The zero-order chi connectivity index (χ0) is 18.9. The van der Waals surface area contributed by atoms with E-state index in [2.05, 4.69) is 11.9 Å². The molecule has 0 bridgehead atoms. The number of amides is 3. The van der Waals surface area contributed by atoms with E-state index in [-0.39, 0.29) is 25.1 Å². The van der Waals surface area contributed by atoms with Crippen molar-refractivity contribution in [2.45, 2.75) is 34.1 Å². The Kier molecular flexibility index (Phi) is 9.10. The van der Waals surface area contributed by atoms with Gasteiger partial charge in [-0.3, -0.25) is 4.79 Å². The third kappa shape index (κ3) is 7.48. The number of likely N-dealkylation sites (N-methyl/N-ethyl adjacent to an activating group) is 2. The highest BCUT2D eigenvalue weighted by atomic mass is 16.5. The molecule has 7 heteroatoms. The van der Waals surface area contributed by atoms with Crippen molar-refractivity contribution in [2.75, 3.05) is 40.3 Å². The lowest BCUT2D eigenvalue weighted by Crippen LogP contribution is -2.45. The first-order valence-electron chi connectivity index (χ1n) is 8.10. The maximum Gasteiger partial charge on any atom is 0.333 e. The van der Waals surface area contributed by atoms with Gasteiger partial charge in [-0.05, 0) is 13.3 Å². The Morgan fingerprint density at radius 3 is 2.17 bits per heavy atom. The van der Waals surface area contributed by atoms with Crippen molar-refractivity contribution in [2.24, 2.45) is 5.41 Å². The SMILES string of the molecule is C=C(C)C(=O)OCCN(C)C(=O)N(C)CCNC(=O)C(C)(C)CC. The number of hydrogen-bond acceptors (Lipinski definition) is 4. The molecule has 0 aromatic carbocycles. The molecule has 0 saturated carbocycles. The molecule has 3 amide bonds. The molecule has 0 radical (unpaired) electrons. The number of hydrogen-bond donors (Lipinski definition) is 1. The van der Waals surface area contributed by atoms with Gasteiger partial charge in [0.05, 0.1) is 6.54 Å². The molecule has 1 N–H and O–H groups in total. The van der Waals surface area contributed by atoms with Gasteiger partial charge < -0.3 is 19.9 Å². The van der Waals surface area contributed by atoms with E-state index in [1.165, 1.54) is 9.80 Å². The van der Waals surface area contributed by atoms with Gasteiger partial charge in [0.25, 0.3) is 0 Å². The summed E-state index contributed by atoms with van der Waals surface area (Å²) in [5, 5.41) is 2.84. The summed E-state index contributed by atoms with van der Waals surface area (Å²) in [5.41, 5.74) is -0.0844. The molecule has 138 valence electrons. The van der Waals surface area contributed by atoms with Crippen LogP contribution >= 0.6 is 0 Å². The molecule has 0 heterocycles. The molecule has 0 fully saturated rings. The molecule has 0 aromatic heterocycles. The van der Waals surface area contributed by atoms with Crippen LogP contribution in [0.15, 0.2) is 12.2 Å². The van der Waals surface area contributed by atoms with Crippen molar-refractivity contribution in [3.63, 3.8) is 0 Å². The summed E-state index contributed by atoms with van der Waals surface area (Å²) < 4.78 is 4.96. The standard InChI is InChI=1S/C17H31N3O4/c1-8-17(4,5)15(22)18-9-10-19(6)16(23)20(7)11-12-24-14(21)13(2)3/h2,8-12H2,1,3-7H3,(H,18,22). The highest BCUT2D eigenvalue weighted by Crippen LogP contribution is 2.19. The lowest BCUT2D eigenvalue weighted by atomic mass is 9.89. The number of carbonyl (C=O) groups is 3. The molecular weight excluding hydrogens is 310 g/mol. The van der Waals surface area contributed by atoms with Crippen LogP contribution in [0.2, 0.25) is 0 Å². The van der Waals surface area contributed by atoms with E-state index in [1.54, 1.807) is 21.0 Å². The highest BCUT2D eigenvalue weighted by Gasteiger charge is 2.25. The van der Waals surface area contributed by atoms with E-state index in [1.807, 2.05) is 20.8 Å². The van der Waals surface area contributed by atoms with E-state index >= 15 is 0 Å². The largest absolute Gasteiger partial charge is 0.460 e. The fourth-order valence-electron chi connectivity index (χ4n) is 1.62. The number of carbonyl (C=O) groups excluding carboxylic acids is 3. The van der Waals surface area contributed by atoms with Gasteiger partial charge in [-0.15, -0.1) is 0 Å². The van der Waals surface area contributed by atoms with Crippen molar-refractivity contribution in [1.29, 1.82) is 0 Å². The van der Waals surface area contributed by atoms with Gasteiger partial charge in [-0.25, -0.2) is 9.59 Å². The summed E-state index contributed by atoms with van der Waals surface area (Å²) >= 11 is 0. The summed E-state index contributed by atoms with van der Waals surface area (Å²) in [6, 6.07) is -0.203. The molecule has 0 atom stereocenters. The fourth-order valence-corrected chi connectivity index (χ4v) is 1.62. The number of nitrogens with zero attached hydrogens (tertiary/aromatic N) is 2. The van der Waals surface area contributed by atoms with Gasteiger partial charge >= 0.3 is 12.0 Å². The minimum atomic E-state index is -0.467. The summed E-state index contributed by atoms with van der Waals surface area (Å²) in [6.07, 6.45) is 0.749. The number of rotatable bonds is 9. The first kappa shape index (κ1) is 21.9. The molecule has 0 saturated heterocycles. The monoisotopic (exact) mass is 341 g/mol. The Morgan fingerprint density at radius 2 is 1.67 bits per heavy atom. The zero-order valence-corrected chi connectivity index (χ0v) is 15.8. The van der Waals surface area contributed by atoms with Crippen LogP contribution in [0.3, 0.4) is 0 Å². The summed E-state index contributed by atoms with van der Waals surface area (Å²) in [6.45, 7) is 12.0. The molecule has 7 nitrogen and oxygen atoms in total. The molecule has 0 unspecified atom stereocenters. The second-order valence-electron chi connectivity index (χ2n) is 6.54. The smallest absolute Gasteiger partial charge is 0.333 e. The lowest BCUT2D eigenvalue weighted by molar-refractivity contribution is -0.139.